The van der Waals surface area contributed by atoms with E-state index >= 15 is 0 Å². The SMILES string of the molecule is CC(C(=O)Nc1ccc(CSc2ccccc2)cc1)N(c1ccccc1)S(C)(=O)=O. The van der Waals surface area contributed by atoms with E-state index in [9.17, 15) is 13.2 Å². The summed E-state index contributed by atoms with van der Waals surface area (Å²) in [6.07, 6.45) is 1.10. The highest BCUT2D eigenvalue weighted by Crippen LogP contribution is 2.24. The summed E-state index contributed by atoms with van der Waals surface area (Å²) in [4.78, 5) is 13.9. The smallest absolute Gasteiger partial charge is 0.247 e. The summed E-state index contributed by atoms with van der Waals surface area (Å²) in [6, 6.07) is 25.5. The third kappa shape index (κ3) is 5.87. The molecule has 3 aromatic rings. The van der Waals surface area contributed by atoms with Crippen molar-refractivity contribution in [1.82, 2.24) is 0 Å². The molecule has 7 heteroatoms. The number of amides is 1. The Bertz CT molecular complexity index is 1070. The molecular weight excluding hydrogens is 416 g/mol. The molecule has 0 radical (unpaired) electrons. The number of benzene rings is 3. The summed E-state index contributed by atoms with van der Waals surface area (Å²) in [6.45, 7) is 1.58. The Balaban J connectivity index is 1.65. The van der Waals surface area contributed by atoms with Crippen molar-refractivity contribution in [3.8, 4) is 0 Å². The Labute approximate surface area is 182 Å². The normalized spacial score (nSPS) is 12.2. The van der Waals surface area contributed by atoms with E-state index in [1.54, 1.807) is 49.0 Å². The van der Waals surface area contributed by atoms with Crippen LogP contribution in [-0.2, 0) is 20.6 Å². The quantitative estimate of drug-likeness (QED) is 0.512. The fourth-order valence-electron chi connectivity index (χ4n) is 3.00. The summed E-state index contributed by atoms with van der Waals surface area (Å²) >= 11 is 1.74. The first-order chi connectivity index (χ1) is 14.3. The Morgan fingerprint density at radius 1 is 0.933 bits per heavy atom. The van der Waals surface area contributed by atoms with Gasteiger partial charge in [0, 0.05) is 16.3 Å². The number of thioether (sulfide) groups is 1. The Hall–Kier alpha value is -2.77. The van der Waals surface area contributed by atoms with Gasteiger partial charge < -0.3 is 5.32 Å². The van der Waals surface area contributed by atoms with Crippen molar-refractivity contribution in [2.24, 2.45) is 0 Å². The molecule has 3 rings (SSSR count). The predicted molar refractivity (Wildman–Crippen MR) is 124 cm³/mol. The number of carbonyl (C=O) groups excluding carboxylic acids is 1. The molecule has 156 valence electrons. The van der Waals surface area contributed by atoms with Crippen molar-refractivity contribution in [1.29, 1.82) is 0 Å². The summed E-state index contributed by atoms with van der Waals surface area (Å²) in [5.41, 5.74) is 2.22. The highest BCUT2D eigenvalue weighted by molar-refractivity contribution is 7.98. The summed E-state index contributed by atoms with van der Waals surface area (Å²) in [5.74, 6) is 0.431. The van der Waals surface area contributed by atoms with Crippen LogP contribution >= 0.6 is 11.8 Å². The zero-order chi connectivity index (χ0) is 21.6. The van der Waals surface area contributed by atoms with Gasteiger partial charge in [0.15, 0.2) is 0 Å². The third-order valence-corrected chi connectivity index (χ3v) is 6.79. The predicted octanol–water partition coefficient (Wildman–Crippen LogP) is 4.77. The number of hydrogen-bond acceptors (Lipinski definition) is 4. The van der Waals surface area contributed by atoms with Crippen molar-refractivity contribution in [3.63, 3.8) is 0 Å². The molecule has 1 atom stereocenters. The molecule has 0 spiro atoms. The van der Waals surface area contributed by atoms with Gasteiger partial charge in [0.25, 0.3) is 0 Å². The first-order valence-corrected chi connectivity index (χ1v) is 12.3. The van der Waals surface area contributed by atoms with E-state index in [2.05, 4.69) is 17.4 Å². The van der Waals surface area contributed by atoms with Crippen molar-refractivity contribution in [3.05, 3.63) is 90.5 Å². The number of para-hydroxylation sites is 1. The van der Waals surface area contributed by atoms with Crippen LogP contribution in [0.3, 0.4) is 0 Å². The molecular formula is C23H24N2O3S2. The molecule has 0 aliphatic carbocycles. The number of carbonyl (C=O) groups is 1. The standard InChI is InChI=1S/C23H24N2O3S2/c1-18(25(30(2,27)28)21-9-5-3-6-10-21)23(26)24-20-15-13-19(14-16-20)17-29-22-11-7-4-8-12-22/h3-16,18H,17H2,1-2H3,(H,24,26). The van der Waals surface area contributed by atoms with Gasteiger partial charge >= 0.3 is 0 Å². The van der Waals surface area contributed by atoms with E-state index < -0.39 is 22.0 Å². The number of nitrogens with one attached hydrogen (secondary N) is 1. The Kier molecular flexibility index (Phi) is 7.18. The minimum absolute atomic E-state index is 0.393. The van der Waals surface area contributed by atoms with Crippen molar-refractivity contribution in [2.45, 2.75) is 23.6 Å². The second kappa shape index (κ2) is 9.82. The van der Waals surface area contributed by atoms with Gasteiger partial charge in [0.1, 0.15) is 6.04 Å². The van der Waals surface area contributed by atoms with Gasteiger partial charge in [-0.15, -0.1) is 11.8 Å². The molecule has 0 saturated carbocycles. The first-order valence-electron chi connectivity index (χ1n) is 9.47. The lowest BCUT2D eigenvalue weighted by Crippen LogP contribution is -2.45. The second-order valence-corrected chi connectivity index (χ2v) is 9.77. The highest BCUT2D eigenvalue weighted by Gasteiger charge is 2.29. The lowest BCUT2D eigenvalue weighted by molar-refractivity contribution is -0.116. The summed E-state index contributed by atoms with van der Waals surface area (Å²) in [7, 11) is -3.63. The minimum Gasteiger partial charge on any atom is -0.324 e. The van der Waals surface area contributed by atoms with Gasteiger partial charge in [0.2, 0.25) is 15.9 Å². The summed E-state index contributed by atoms with van der Waals surface area (Å²) < 4.78 is 25.7. The molecule has 0 aliphatic heterocycles. The van der Waals surface area contributed by atoms with E-state index in [-0.39, 0.29) is 0 Å². The van der Waals surface area contributed by atoms with Gasteiger partial charge in [-0.3, -0.25) is 9.10 Å². The molecule has 1 N–H and O–H groups in total. The van der Waals surface area contributed by atoms with Crippen molar-refractivity contribution in [2.75, 3.05) is 15.9 Å². The molecule has 1 unspecified atom stereocenters. The van der Waals surface area contributed by atoms with Gasteiger partial charge in [-0.1, -0.05) is 48.5 Å². The van der Waals surface area contributed by atoms with E-state index in [0.29, 0.717) is 11.4 Å². The third-order valence-electron chi connectivity index (χ3n) is 4.47. The average molecular weight is 441 g/mol. The van der Waals surface area contributed by atoms with Crippen LogP contribution in [0.2, 0.25) is 0 Å². The molecule has 3 aromatic carbocycles. The molecule has 0 saturated heterocycles. The Morgan fingerprint density at radius 3 is 2.07 bits per heavy atom. The fraction of sp³-hybridized carbons (Fsp3) is 0.174. The van der Waals surface area contributed by atoms with E-state index in [0.717, 1.165) is 21.9 Å². The summed E-state index contributed by atoms with van der Waals surface area (Å²) in [5, 5.41) is 2.81. The van der Waals surface area contributed by atoms with Crippen LogP contribution in [0.15, 0.2) is 89.8 Å². The van der Waals surface area contributed by atoms with Crippen LogP contribution in [-0.4, -0.2) is 26.6 Å². The first kappa shape index (κ1) is 21.9. The topological polar surface area (TPSA) is 66.5 Å². The fourth-order valence-corrected chi connectivity index (χ4v) is 5.05. The minimum atomic E-state index is -3.63. The number of rotatable bonds is 8. The molecule has 0 fully saturated rings. The Morgan fingerprint density at radius 2 is 1.50 bits per heavy atom. The van der Waals surface area contributed by atoms with E-state index in [1.165, 1.54) is 4.90 Å². The number of anilines is 2. The van der Waals surface area contributed by atoms with Gasteiger partial charge in [-0.05, 0) is 48.9 Å². The molecule has 0 heterocycles. The van der Waals surface area contributed by atoms with Crippen molar-refractivity contribution >= 4 is 39.1 Å². The zero-order valence-corrected chi connectivity index (χ0v) is 18.5. The van der Waals surface area contributed by atoms with Gasteiger partial charge in [0.05, 0.1) is 11.9 Å². The maximum Gasteiger partial charge on any atom is 0.247 e. The van der Waals surface area contributed by atoms with Crippen LogP contribution in [0.25, 0.3) is 0 Å². The maximum atomic E-state index is 12.7. The van der Waals surface area contributed by atoms with Crippen molar-refractivity contribution < 1.29 is 13.2 Å². The monoisotopic (exact) mass is 440 g/mol. The second-order valence-electron chi connectivity index (χ2n) is 6.86. The van der Waals surface area contributed by atoms with Gasteiger partial charge in [-0.2, -0.15) is 0 Å². The van der Waals surface area contributed by atoms with E-state index in [4.69, 9.17) is 0 Å². The van der Waals surface area contributed by atoms with Crippen LogP contribution in [0.4, 0.5) is 11.4 Å². The average Bonchev–Trinajstić information content (AvgIpc) is 2.74. The molecule has 0 aliphatic rings. The largest absolute Gasteiger partial charge is 0.324 e. The van der Waals surface area contributed by atoms with Crippen LogP contribution < -0.4 is 9.62 Å². The molecule has 0 aromatic heterocycles. The lowest BCUT2D eigenvalue weighted by Gasteiger charge is -2.28. The number of hydrogen-bond donors (Lipinski definition) is 1. The van der Waals surface area contributed by atoms with Gasteiger partial charge in [-0.25, -0.2) is 8.42 Å². The lowest BCUT2D eigenvalue weighted by atomic mass is 10.2. The molecule has 1 amide bonds. The van der Waals surface area contributed by atoms with Crippen LogP contribution in [0, 0.1) is 0 Å². The molecule has 5 nitrogen and oxygen atoms in total. The number of nitrogens with zero attached hydrogens (tertiary/aromatic N) is 1. The number of sulfonamides is 1. The molecule has 30 heavy (non-hydrogen) atoms. The zero-order valence-electron chi connectivity index (χ0n) is 16.9. The van der Waals surface area contributed by atoms with E-state index in [1.807, 2.05) is 42.5 Å². The van der Waals surface area contributed by atoms with Crippen LogP contribution in [0.1, 0.15) is 12.5 Å². The van der Waals surface area contributed by atoms with Crippen LogP contribution in [0.5, 0.6) is 0 Å². The highest BCUT2D eigenvalue weighted by atomic mass is 32.2. The maximum absolute atomic E-state index is 12.7. The molecule has 0 bridgehead atoms.